The molecular weight excluding hydrogens is 1030 g/mol. The summed E-state index contributed by atoms with van der Waals surface area (Å²) in [6.07, 6.45) is -3.75. The highest BCUT2D eigenvalue weighted by atomic mass is 32.2. The van der Waals surface area contributed by atoms with Crippen molar-refractivity contribution in [1.82, 2.24) is 34.7 Å². The summed E-state index contributed by atoms with van der Waals surface area (Å²) in [6.45, 7) is 11.5. The van der Waals surface area contributed by atoms with E-state index in [-0.39, 0.29) is 48.7 Å². The van der Waals surface area contributed by atoms with Gasteiger partial charge in [-0.15, -0.1) is 5.10 Å². The molecule has 0 aliphatic carbocycles. The number of benzene rings is 6. The highest BCUT2D eigenvalue weighted by Gasteiger charge is 2.34. The highest BCUT2D eigenvalue weighted by molar-refractivity contribution is 7.89. The molecule has 8 rings (SSSR count). The van der Waals surface area contributed by atoms with E-state index in [4.69, 9.17) is 4.74 Å². The number of nitriles is 1. The number of hydrogen-bond acceptors (Lipinski definition) is 13. The summed E-state index contributed by atoms with van der Waals surface area (Å²) in [6, 6.07) is 45.0. The number of nitrogens with one attached hydrogen (secondary N) is 2. The van der Waals surface area contributed by atoms with E-state index in [0.717, 1.165) is 40.7 Å². The molecule has 7 aromatic rings. The first-order chi connectivity index (χ1) is 38.1. The van der Waals surface area contributed by atoms with Crippen LogP contribution in [0, 0.1) is 17.2 Å². The summed E-state index contributed by atoms with van der Waals surface area (Å²) in [5.41, 5.74) is 5.81. The predicted molar refractivity (Wildman–Crippen MR) is 302 cm³/mol. The number of nitrogens with zero attached hydrogens (tertiary/aromatic N) is 10. The van der Waals surface area contributed by atoms with Gasteiger partial charge in [-0.1, -0.05) is 94.4 Å². The lowest BCUT2D eigenvalue weighted by molar-refractivity contribution is -0.137. The monoisotopic (exact) mass is 1100 g/mol. The minimum Gasteiger partial charge on any atom is -0.383 e. The van der Waals surface area contributed by atoms with Crippen molar-refractivity contribution < 1.29 is 31.1 Å². The molecule has 79 heavy (non-hydrogen) atoms. The number of aromatic nitrogens is 4. The Morgan fingerprint density at radius 2 is 1.59 bits per heavy atom. The topological polar surface area (TPSA) is 168 Å². The van der Waals surface area contributed by atoms with Crippen LogP contribution in [0.2, 0.25) is 0 Å². The average molecular weight is 1100 g/mol. The van der Waals surface area contributed by atoms with Crippen molar-refractivity contribution in [2.45, 2.75) is 64.3 Å². The minimum atomic E-state index is -4.49. The number of piperazine rings is 1. The second-order valence-corrected chi connectivity index (χ2v) is 21.5. The van der Waals surface area contributed by atoms with Gasteiger partial charge in [0.05, 0.1) is 76.3 Å². The first-order valence-electron chi connectivity index (χ1n) is 26.5. The van der Waals surface area contributed by atoms with Crippen LogP contribution in [0.15, 0.2) is 150 Å². The van der Waals surface area contributed by atoms with Crippen molar-refractivity contribution >= 4 is 44.4 Å². The second kappa shape index (κ2) is 26.2. The Bertz CT molecular complexity index is 3310. The summed E-state index contributed by atoms with van der Waals surface area (Å²) < 4.78 is 78.3. The zero-order chi connectivity index (χ0) is 56.1. The number of tetrazole rings is 1. The standard InChI is InChI=1S/C59H67F3N12O4S/c1-6-72(7-2)79(76,77)51-27-28-54(52(37-51)58(75)64-30-29-43(3)4)71(33-34-78-5)42-73(48-21-9-8-10-22-48)55-26-14-13-25-53(55)65-39-57-66-67-68-74(57)50-24-15-19-44(35-50)56-41-69(49-23-16-20-47(36-49)59(60,61)62)31-32-70(56)40-46-18-12-11-17-45(46)38-63/h8-28,35-37,43,56,65H,6-7,29-34,39-42H2,1-5H3,(H,64,75). The molecule has 6 aromatic carbocycles. The first-order valence-corrected chi connectivity index (χ1v) is 27.9. The molecule has 2 N–H and O–H groups in total. The Morgan fingerprint density at radius 1 is 0.861 bits per heavy atom. The number of alkyl halides is 3. The van der Waals surface area contributed by atoms with Crippen LogP contribution in [0.3, 0.4) is 0 Å². The van der Waals surface area contributed by atoms with Gasteiger partial charge in [0, 0.05) is 70.8 Å². The third-order valence-corrected chi connectivity index (χ3v) is 16.1. The van der Waals surface area contributed by atoms with Crippen LogP contribution in [0.5, 0.6) is 0 Å². The smallest absolute Gasteiger partial charge is 0.383 e. The highest BCUT2D eigenvalue weighted by Crippen LogP contribution is 2.37. The molecule has 0 bridgehead atoms. The molecule has 1 fully saturated rings. The molecule has 1 aliphatic rings. The fraction of sp³-hybridized carbons (Fsp3) is 0.339. The molecular formula is C59H67F3N12O4S. The molecule has 2 heterocycles. The van der Waals surface area contributed by atoms with E-state index >= 15 is 0 Å². The lowest BCUT2D eigenvalue weighted by Crippen LogP contribution is -2.48. The number of carbonyl (C=O) groups is 1. The van der Waals surface area contributed by atoms with Crippen molar-refractivity contribution in [2.24, 2.45) is 5.92 Å². The molecule has 1 atom stereocenters. The summed E-state index contributed by atoms with van der Waals surface area (Å²) in [7, 11) is -2.31. The fourth-order valence-corrected chi connectivity index (χ4v) is 11.3. The minimum absolute atomic E-state index is 0.0268. The van der Waals surface area contributed by atoms with Crippen molar-refractivity contribution in [1.29, 1.82) is 5.26 Å². The summed E-state index contributed by atoms with van der Waals surface area (Å²) in [4.78, 5) is 22.6. The van der Waals surface area contributed by atoms with E-state index in [9.17, 15) is 31.6 Å². The lowest BCUT2D eigenvalue weighted by atomic mass is 9.99. The van der Waals surface area contributed by atoms with Crippen LogP contribution >= 0.6 is 0 Å². The van der Waals surface area contributed by atoms with Gasteiger partial charge in [-0.2, -0.15) is 27.4 Å². The Labute approximate surface area is 461 Å². The molecule has 1 aliphatic heterocycles. The van der Waals surface area contributed by atoms with E-state index in [1.54, 1.807) is 49.9 Å². The number of ether oxygens (including phenoxy) is 1. The molecule has 0 spiro atoms. The van der Waals surface area contributed by atoms with E-state index in [2.05, 4.69) is 55.9 Å². The number of anilines is 5. The number of hydrogen-bond donors (Lipinski definition) is 2. The summed E-state index contributed by atoms with van der Waals surface area (Å²) >= 11 is 0. The Kier molecular flexibility index (Phi) is 19.0. The normalized spacial score (nSPS) is 14.1. The maximum atomic E-state index is 14.3. The average Bonchev–Trinajstić information content (AvgIpc) is 3.99. The zero-order valence-corrected chi connectivity index (χ0v) is 46.0. The van der Waals surface area contributed by atoms with E-state index in [1.165, 1.54) is 22.5 Å². The van der Waals surface area contributed by atoms with Gasteiger partial charge in [-0.05, 0) is 113 Å². The van der Waals surface area contributed by atoms with E-state index in [1.807, 2.05) is 107 Å². The van der Waals surface area contributed by atoms with Crippen LogP contribution < -0.4 is 25.3 Å². The largest absolute Gasteiger partial charge is 0.416 e. The maximum Gasteiger partial charge on any atom is 0.416 e. The van der Waals surface area contributed by atoms with Gasteiger partial charge in [0.2, 0.25) is 10.0 Å². The quantitative estimate of drug-likeness (QED) is 0.0549. The van der Waals surface area contributed by atoms with Crippen LogP contribution in [0.25, 0.3) is 5.69 Å². The Balaban J connectivity index is 1.11. The molecule has 20 heteroatoms. The van der Waals surface area contributed by atoms with Crippen molar-refractivity contribution in [3.05, 3.63) is 179 Å². The van der Waals surface area contributed by atoms with Gasteiger partial charge < -0.3 is 30.1 Å². The van der Waals surface area contributed by atoms with Gasteiger partial charge >= 0.3 is 6.18 Å². The van der Waals surface area contributed by atoms with Crippen molar-refractivity contribution in [3.8, 4) is 11.8 Å². The van der Waals surface area contributed by atoms with Gasteiger partial charge in [-0.3, -0.25) is 9.69 Å². The molecule has 1 saturated heterocycles. The van der Waals surface area contributed by atoms with Crippen LogP contribution in [0.1, 0.15) is 78.6 Å². The Hall–Kier alpha value is -7.83. The van der Waals surface area contributed by atoms with Gasteiger partial charge in [-0.25, -0.2) is 8.42 Å². The molecule has 16 nitrogen and oxygen atoms in total. The summed E-state index contributed by atoms with van der Waals surface area (Å²) in [5, 5.41) is 29.6. The molecule has 1 unspecified atom stereocenters. The number of halogens is 3. The molecule has 414 valence electrons. The molecule has 0 radical (unpaired) electrons. The van der Waals surface area contributed by atoms with Gasteiger partial charge in [0.1, 0.15) is 0 Å². The number of sulfonamides is 1. The van der Waals surface area contributed by atoms with Crippen LogP contribution in [-0.2, 0) is 34.0 Å². The van der Waals surface area contributed by atoms with Crippen LogP contribution in [-0.4, -0.2) is 110 Å². The van der Waals surface area contributed by atoms with Crippen LogP contribution in [0.4, 0.5) is 41.6 Å². The van der Waals surface area contributed by atoms with E-state index in [0.29, 0.717) is 80.2 Å². The molecule has 1 aromatic heterocycles. The lowest BCUT2D eigenvalue weighted by Gasteiger charge is -2.43. The zero-order valence-electron chi connectivity index (χ0n) is 45.1. The number of rotatable bonds is 24. The maximum absolute atomic E-state index is 14.3. The van der Waals surface area contributed by atoms with E-state index < -0.39 is 21.8 Å². The Morgan fingerprint density at radius 3 is 2.34 bits per heavy atom. The second-order valence-electron chi connectivity index (χ2n) is 19.6. The number of methoxy groups -OCH3 is 1. The first kappa shape index (κ1) is 57.3. The van der Waals surface area contributed by atoms with Crippen molar-refractivity contribution in [2.75, 3.05) is 86.2 Å². The third-order valence-electron chi connectivity index (χ3n) is 14.1. The third kappa shape index (κ3) is 13.9. The van der Waals surface area contributed by atoms with Crippen molar-refractivity contribution in [3.63, 3.8) is 0 Å². The molecule has 0 saturated carbocycles. The predicted octanol–water partition coefficient (Wildman–Crippen LogP) is 10.3. The summed E-state index contributed by atoms with van der Waals surface area (Å²) in [5.74, 6) is 0.435. The fourth-order valence-electron chi connectivity index (χ4n) is 9.80. The van der Waals surface area contributed by atoms with Gasteiger partial charge in [0.25, 0.3) is 5.91 Å². The molecule has 1 amide bonds. The number of carbonyl (C=O) groups excluding carboxylic acids is 1. The number of para-hydroxylation sites is 3. The SMILES string of the molecule is CCN(CC)S(=O)(=O)c1ccc(N(CCOC)CN(c2ccccc2)c2ccccc2NCc2nnnn2-c2cccc(C3CN(c4cccc(C(F)(F)F)c4)CCN3Cc3ccccc3C#N)c2)c(C(=O)NCCC(C)C)c1. The number of amides is 1. The van der Waals surface area contributed by atoms with Gasteiger partial charge in [0.15, 0.2) is 5.82 Å².